The molecule has 6 nitrogen and oxygen atoms in total. The van der Waals surface area contributed by atoms with Gasteiger partial charge in [0.15, 0.2) is 5.69 Å². The second kappa shape index (κ2) is 10.1. The van der Waals surface area contributed by atoms with Gasteiger partial charge in [0.1, 0.15) is 10.9 Å². The molecule has 1 amide bonds. The lowest BCUT2D eigenvalue weighted by atomic mass is 9.83. The zero-order valence-corrected chi connectivity index (χ0v) is 21.1. The van der Waals surface area contributed by atoms with Gasteiger partial charge in [0, 0.05) is 54.3 Å². The summed E-state index contributed by atoms with van der Waals surface area (Å²) in [7, 11) is 0. The number of nitrogens with one attached hydrogen (secondary N) is 1. The first kappa shape index (κ1) is 25.2. The minimum atomic E-state index is -4.61. The molecule has 10 heteroatoms. The molecule has 0 bridgehead atoms. The van der Waals surface area contributed by atoms with Crippen LogP contribution in [0.4, 0.5) is 13.2 Å². The highest BCUT2D eigenvalue weighted by molar-refractivity contribution is 7.12. The number of aryl methyl sites for hydroxylation is 1. The number of fused-ring (bicyclic) bond motifs is 1. The fourth-order valence-electron chi connectivity index (χ4n) is 4.73. The van der Waals surface area contributed by atoms with Crippen molar-refractivity contribution in [3.8, 4) is 17.2 Å². The number of amides is 1. The predicted octanol–water partition coefficient (Wildman–Crippen LogP) is 5.30. The van der Waals surface area contributed by atoms with Crippen molar-refractivity contribution in [1.29, 1.82) is 5.26 Å². The number of thiophene rings is 1. The van der Waals surface area contributed by atoms with Gasteiger partial charge in [-0.05, 0) is 42.5 Å². The highest BCUT2D eigenvalue weighted by atomic mass is 32.1. The van der Waals surface area contributed by atoms with Gasteiger partial charge in [-0.2, -0.15) is 23.5 Å². The maximum atomic E-state index is 13.9. The molecule has 5 rings (SSSR count). The van der Waals surface area contributed by atoms with Gasteiger partial charge >= 0.3 is 6.18 Å². The van der Waals surface area contributed by atoms with Gasteiger partial charge in [-0.3, -0.25) is 9.48 Å². The number of hydrogen-bond acceptors (Lipinski definition) is 5. The molecule has 3 heterocycles. The number of benzene rings is 1. The van der Waals surface area contributed by atoms with Gasteiger partial charge < -0.3 is 10.2 Å². The van der Waals surface area contributed by atoms with E-state index in [0.29, 0.717) is 48.2 Å². The molecule has 1 aliphatic heterocycles. The second-order valence-corrected chi connectivity index (χ2v) is 10.4. The average molecular weight is 526 g/mol. The molecule has 1 unspecified atom stereocenters. The van der Waals surface area contributed by atoms with E-state index in [0.717, 1.165) is 23.3 Å². The van der Waals surface area contributed by atoms with E-state index in [2.05, 4.69) is 16.5 Å². The Morgan fingerprint density at radius 3 is 2.76 bits per heavy atom. The summed E-state index contributed by atoms with van der Waals surface area (Å²) in [5.74, 6) is -0.543. The maximum absolute atomic E-state index is 13.9. The summed E-state index contributed by atoms with van der Waals surface area (Å²) >= 11 is 1.32. The van der Waals surface area contributed by atoms with Crippen LogP contribution in [0, 0.1) is 11.3 Å². The Kier molecular flexibility index (Phi) is 6.92. The van der Waals surface area contributed by atoms with E-state index in [1.807, 2.05) is 6.08 Å². The molecule has 2 aliphatic rings. The van der Waals surface area contributed by atoms with Crippen molar-refractivity contribution < 1.29 is 18.0 Å². The molecule has 1 fully saturated rings. The van der Waals surface area contributed by atoms with Crippen LogP contribution in [-0.2, 0) is 24.1 Å². The highest BCUT2D eigenvalue weighted by Crippen LogP contribution is 2.44. The third-order valence-electron chi connectivity index (χ3n) is 6.72. The monoisotopic (exact) mass is 525 g/mol. The van der Waals surface area contributed by atoms with Gasteiger partial charge in [-0.25, -0.2) is 0 Å². The van der Waals surface area contributed by atoms with E-state index in [9.17, 15) is 23.2 Å². The van der Waals surface area contributed by atoms with Crippen LogP contribution in [0.3, 0.4) is 0 Å². The van der Waals surface area contributed by atoms with Crippen LogP contribution in [0.1, 0.15) is 52.3 Å². The number of halogens is 3. The van der Waals surface area contributed by atoms with Gasteiger partial charge in [0.05, 0.1) is 6.54 Å². The number of nitriles is 1. The van der Waals surface area contributed by atoms with Gasteiger partial charge in [0.25, 0.3) is 0 Å². The molecule has 37 heavy (non-hydrogen) atoms. The first-order valence-corrected chi connectivity index (χ1v) is 13.1. The van der Waals surface area contributed by atoms with Crippen molar-refractivity contribution in [2.24, 2.45) is 0 Å². The number of alkyl halides is 3. The first-order chi connectivity index (χ1) is 17.8. The SMILES string of the molecule is CCn1cc(-c2ccccc2C2CN(C(=O)/C=C/CNC3CC3)Cc3sc(C#N)cc32)c(C(F)(F)F)n1. The van der Waals surface area contributed by atoms with E-state index in [4.69, 9.17) is 0 Å². The molecule has 1 saturated carbocycles. The Bertz CT molecular complexity index is 1380. The van der Waals surface area contributed by atoms with Crippen LogP contribution in [0.15, 0.2) is 48.7 Å². The van der Waals surface area contributed by atoms with E-state index in [1.54, 1.807) is 48.2 Å². The van der Waals surface area contributed by atoms with Crippen LogP contribution < -0.4 is 5.32 Å². The van der Waals surface area contributed by atoms with Crippen LogP contribution in [0.5, 0.6) is 0 Å². The first-order valence-electron chi connectivity index (χ1n) is 12.2. The quantitative estimate of drug-likeness (QED) is 0.425. The molecular formula is C27H26F3N5OS. The van der Waals surface area contributed by atoms with E-state index in [1.165, 1.54) is 22.2 Å². The summed E-state index contributed by atoms with van der Waals surface area (Å²) < 4.78 is 43.1. The Hall–Kier alpha value is -3.42. The summed E-state index contributed by atoms with van der Waals surface area (Å²) in [6, 6.07) is 11.5. The zero-order chi connectivity index (χ0) is 26.2. The van der Waals surface area contributed by atoms with E-state index < -0.39 is 11.9 Å². The van der Waals surface area contributed by atoms with Crippen molar-refractivity contribution in [1.82, 2.24) is 20.0 Å². The minimum Gasteiger partial charge on any atom is -0.333 e. The van der Waals surface area contributed by atoms with Crippen LogP contribution in [0.25, 0.3) is 11.1 Å². The summed E-state index contributed by atoms with van der Waals surface area (Å²) in [6.45, 7) is 3.32. The standard InChI is InChI=1S/C27H26F3N5OS/c1-2-35-15-23(26(33-35)27(28,29)30)20-7-4-3-6-19(20)22-14-34(16-24-21(22)12-18(13-31)37-24)25(36)8-5-11-32-17-9-10-17/h3-8,12,15,17,22,32H,2,9-11,14,16H2,1H3/b8-5+. The largest absolute Gasteiger partial charge is 0.435 e. The lowest BCUT2D eigenvalue weighted by Gasteiger charge is -2.33. The number of rotatable bonds is 7. The Labute approximate surface area is 217 Å². The molecular weight excluding hydrogens is 499 g/mol. The van der Waals surface area contributed by atoms with Crippen molar-refractivity contribution in [3.05, 3.63) is 75.3 Å². The third-order valence-corrected chi connectivity index (χ3v) is 7.76. The topological polar surface area (TPSA) is 74.0 Å². The maximum Gasteiger partial charge on any atom is 0.435 e. The fraction of sp³-hybridized carbons (Fsp3) is 0.370. The average Bonchev–Trinajstić information content (AvgIpc) is 3.44. The molecule has 1 aliphatic carbocycles. The molecule has 1 N–H and O–H groups in total. The molecule has 2 aromatic heterocycles. The molecule has 192 valence electrons. The lowest BCUT2D eigenvalue weighted by Crippen LogP contribution is -2.37. The van der Waals surface area contributed by atoms with Gasteiger partial charge in [-0.1, -0.05) is 30.3 Å². The summed E-state index contributed by atoms with van der Waals surface area (Å²) in [6.07, 6.45) is 2.49. The number of carbonyl (C=O) groups excluding carboxylic acids is 1. The molecule has 0 radical (unpaired) electrons. The summed E-state index contributed by atoms with van der Waals surface area (Å²) in [4.78, 5) is 16.2. The van der Waals surface area contributed by atoms with Crippen molar-refractivity contribution in [3.63, 3.8) is 0 Å². The Balaban J connectivity index is 1.53. The molecule has 0 saturated heterocycles. The second-order valence-electron chi connectivity index (χ2n) is 9.29. The predicted molar refractivity (Wildman–Crippen MR) is 135 cm³/mol. The zero-order valence-electron chi connectivity index (χ0n) is 20.3. The smallest absolute Gasteiger partial charge is 0.333 e. The number of carbonyl (C=O) groups is 1. The van der Waals surface area contributed by atoms with Crippen molar-refractivity contribution in [2.75, 3.05) is 13.1 Å². The van der Waals surface area contributed by atoms with E-state index >= 15 is 0 Å². The van der Waals surface area contributed by atoms with Crippen LogP contribution in [-0.4, -0.2) is 39.7 Å². The van der Waals surface area contributed by atoms with E-state index in [-0.39, 0.29) is 17.4 Å². The van der Waals surface area contributed by atoms with Gasteiger partial charge in [0.2, 0.25) is 5.91 Å². The van der Waals surface area contributed by atoms with Gasteiger partial charge in [-0.15, -0.1) is 11.3 Å². The summed E-state index contributed by atoms with van der Waals surface area (Å²) in [5.41, 5.74) is 1.06. The highest BCUT2D eigenvalue weighted by Gasteiger charge is 2.39. The molecule has 0 spiro atoms. The Morgan fingerprint density at radius 1 is 1.27 bits per heavy atom. The number of aromatic nitrogens is 2. The number of nitrogens with zero attached hydrogens (tertiary/aromatic N) is 4. The fourth-order valence-corrected chi connectivity index (χ4v) is 5.77. The molecule has 1 atom stereocenters. The van der Waals surface area contributed by atoms with Crippen molar-refractivity contribution in [2.45, 2.75) is 51.0 Å². The minimum absolute atomic E-state index is 0.0109. The lowest BCUT2D eigenvalue weighted by molar-refractivity contribution is -0.141. The van der Waals surface area contributed by atoms with Crippen LogP contribution >= 0.6 is 11.3 Å². The Morgan fingerprint density at radius 2 is 2.05 bits per heavy atom. The van der Waals surface area contributed by atoms with Crippen LogP contribution in [0.2, 0.25) is 0 Å². The molecule has 3 aromatic rings. The molecule has 1 aromatic carbocycles. The summed E-state index contributed by atoms with van der Waals surface area (Å²) in [5, 5.41) is 16.7. The third kappa shape index (κ3) is 5.33. The number of hydrogen-bond donors (Lipinski definition) is 1. The van der Waals surface area contributed by atoms with Crippen molar-refractivity contribution >= 4 is 17.2 Å². The normalized spacial score (nSPS) is 17.7.